The molecule has 1 atom stereocenters. The third-order valence-electron chi connectivity index (χ3n) is 3.95. The molecule has 0 aliphatic carbocycles. The summed E-state index contributed by atoms with van der Waals surface area (Å²) in [6.07, 6.45) is 2.51. The molecule has 0 aromatic carbocycles. The molecule has 0 spiro atoms. The van der Waals surface area contributed by atoms with Crippen molar-refractivity contribution < 1.29 is 14.4 Å². The molecule has 1 rings (SSSR count). The molecule has 1 fully saturated rings. The Labute approximate surface area is 138 Å². The molecule has 0 aromatic heterocycles. The first-order chi connectivity index (χ1) is 10.9. The number of likely N-dealkylation sites (tertiary alicyclic amines) is 1. The van der Waals surface area contributed by atoms with E-state index in [1.807, 2.05) is 14.1 Å². The summed E-state index contributed by atoms with van der Waals surface area (Å²) in [6.45, 7) is 4.97. The minimum absolute atomic E-state index is 0.0118. The van der Waals surface area contributed by atoms with E-state index < -0.39 is 0 Å². The molecule has 0 radical (unpaired) electrons. The fraction of sp³-hybridized carbons (Fsp3) is 0.812. The Hall–Kier alpha value is -1.47. The monoisotopic (exact) mass is 335 g/mol. The molecule has 7 nitrogen and oxygen atoms in total. The predicted octanol–water partition coefficient (Wildman–Crippen LogP) is -0.386. The molecule has 1 aliphatic rings. The van der Waals surface area contributed by atoms with E-state index in [4.69, 9.17) is 0 Å². The van der Waals surface area contributed by atoms with Gasteiger partial charge in [0.2, 0.25) is 11.8 Å². The molecule has 0 aromatic rings. The average Bonchev–Trinajstić information content (AvgIpc) is 2.93. The van der Waals surface area contributed by atoms with E-state index in [1.54, 1.807) is 0 Å². The SMILES string of the molecule is C[13C](=O)[13CH2][13CH2][15NH][13C](=O)[13CH2][13CH2]N[13C](=O)C1CCC[15N]1CCN(C)C. The highest BCUT2D eigenvalue weighted by Crippen LogP contribution is 2.16. The van der Waals surface area contributed by atoms with Gasteiger partial charge in [0.15, 0.2) is 0 Å². The van der Waals surface area contributed by atoms with Crippen molar-refractivity contribution in [3.05, 3.63) is 0 Å². The van der Waals surface area contributed by atoms with Crippen molar-refractivity contribution in [2.45, 2.75) is 38.6 Å². The first-order valence-corrected chi connectivity index (χ1v) is 8.32. The lowest BCUT2D eigenvalue weighted by Gasteiger charge is -2.25. The second kappa shape index (κ2) is 10.3. The fourth-order valence-corrected chi connectivity index (χ4v) is 2.60. The molecule has 1 saturated heterocycles. The van der Waals surface area contributed by atoms with Gasteiger partial charge >= 0.3 is 0 Å². The Morgan fingerprint density at radius 3 is 2.48 bits per heavy atom. The van der Waals surface area contributed by atoms with Gasteiger partial charge in [-0.25, -0.2) is 0 Å². The highest BCUT2D eigenvalue weighted by molar-refractivity contribution is 5.83. The number of carbonyl (C=O) groups excluding carboxylic acids is 3. The second-order valence-corrected chi connectivity index (χ2v) is 6.34. The minimum atomic E-state index is -0.137. The van der Waals surface area contributed by atoms with Crippen LogP contribution in [0.4, 0.5) is 0 Å². The number of hydrogen-bond acceptors (Lipinski definition) is 5. The molecule has 2 N–H and O–H groups in total. The zero-order chi connectivity index (χ0) is 17.2. The van der Waals surface area contributed by atoms with Gasteiger partial charge in [0.1, 0.15) is 5.78 Å². The van der Waals surface area contributed by atoms with Crippen LogP contribution in [0.15, 0.2) is 0 Å². The van der Waals surface area contributed by atoms with E-state index in [-0.39, 0.29) is 30.1 Å². The Morgan fingerprint density at radius 2 is 1.83 bits per heavy atom. The van der Waals surface area contributed by atoms with Crippen LogP contribution in [0.1, 0.15) is 32.6 Å². The van der Waals surface area contributed by atoms with Crippen molar-refractivity contribution in [3.8, 4) is 0 Å². The molecular weight excluding hydrogens is 305 g/mol. The molecule has 7 heteroatoms. The van der Waals surface area contributed by atoms with Gasteiger partial charge in [-0.2, -0.15) is 0 Å². The summed E-state index contributed by atoms with van der Waals surface area (Å²) in [6, 6.07) is -0.0734. The first kappa shape index (κ1) is 19.6. The van der Waals surface area contributed by atoms with E-state index in [0.717, 1.165) is 32.5 Å². The lowest BCUT2D eigenvalue weighted by atomic mass is 10.3. The number of carbonyl (C=O) groups is 3. The third-order valence-corrected chi connectivity index (χ3v) is 3.95. The summed E-state index contributed by atoms with van der Waals surface area (Å²) in [7, 11) is 4.05. The third kappa shape index (κ3) is 8.08. The van der Waals surface area contributed by atoms with Gasteiger partial charge in [0, 0.05) is 39.0 Å². The topological polar surface area (TPSA) is 81.8 Å². The molecular formula is C16H30N4O3. The Balaban J connectivity index is 2.22. The van der Waals surface area contributed by atoms with Crippen LogP contribution in [0.5, 0.6) is 0 Å². The molecule has 1 unspecified atom stereocenters. The molecule has 132 valence electrons. The lowest BCUT2D eigenvalue weighted by Crippen LogP contribution is -2.46. The number of hydrogen-bond donors (Lipinski definition) is 2. The summed E-state index contributed by atoms with van der Waals surface area (Å²) in [4.78, 5) is 38.9. The van der Waals surface area contributed by atoms with Crippen LogP contribution < -0.4 is 10.6 Å². The number of ketones is 1. The van der Waals surface area contributed by atoms with Crippen LogP contribution >= 0.6 is 0 Å². The molecule has 1 aliphatic heterocycles. The van der Waals surface area contributed by atoms with E-state index in [9.17, 15) is 14.4 Å². The van der Waals surface area contributed by atoms with Crippen LogP contribution in [0.25, 0.3) is 0 Å². The van der Waals surface area contributed by atoms with Gasteiger partial charge in [-0.15, -0.1) is 0 Å². The van der Waals surface area contributed by atoms with Gasteiger partial charge in [-0.1, -0.05) is 0 Å². The summed E-state index contributed by atoms with van der Waals surface area (Å²) in [5.41, 5.74) is 0. The highest BCUT2D eigenvalue weighted by Gasteiger charge is 2.30. The highest BCUT2D eigenvalue weighted by atomic mass is 16.3. The van der Waals surface area contributed by atoms with Gasteiger partial charge in [0.25, 0.3) is 0 Å². The van der Waals surface area contributed by atoms with Crippen LogP contribution in [0.2, 0.25) is 0 Å². The normalized spacial score (nSPS) is 18.2. The Bertz CT molecular complexity index is 412. The van der Waals surface area contributed by atoms with Crippen molar-refractivity contribution in [2.24, 2.45) is 0 Å². The van der Waals surface area contributed by atoms with Gasteiger partial charge in [-0.05, 0) is 40.4 Å². The van der Waals surface area contributed by atoms with E-state index in [2.05, 4.69) is 20.4 Å². The van der Waals surface area contributed by atoms with Crippen molar-refractivity contribution in [2.75, 3.05) is 46.8 Å². The smallest absolute Gasteiger partial charge is 0.237 e. The number of amides is 2. The van der Waals surface area contributed by atoms with Crippen molar-refractivity contribution >= 4 is 17.6 Å². The number of likely N-dealkylation sites (N-methyl/N-ethyl adjacent to an activating group) is 1. The van der Waals surface area contributed by atoms with E-state index in [0.29, 0.717) is 19.5 Å². The van der Waals surface area contributed by atoms with E-state index in [1.165, 1.54) is 6.92 Å². The maximum Gasteiger partial charge on any atom is 0.237 e. The molecule has 0 bridgehead atoms. The maximum absolute atomic E-state index is 12.2. The number of nitrogens with zero attached hydrogens (tertiary/aromatic N) is 2. The zero-order valence-electron chi connectivity index (χ0n) is 14.6. The van der Waals surface area contributed by atoms with Crippen molar-refractivity contribution in [1.29, 1.82) is 0 Å². The lowest BCUT2D eigenvalue weighted by molar-refractivity contribution is -0.125. The first-order valence-electron chi connectivity index (χ1n) is 8.32. The number of Topliss-reactive ketones (excluding diaryl/α,β-unsaturated/α-hetero) is 1. The summed E-state index contributed by atoms with van der Waals surface area (Å²) in [5, 5.41) is 5.52. The van der Waals surface area contributed by atoms with Gasteiger partial charge in [0.05, 0.1) is 6.04 Å². The largest absolute Gasteiger partial charge is 0.356 e. The second-order valence-electron chi connectivity index (χ2n) is 6.34. The Kier molecular flexibility index (Phi) is 8.79. The molecule has 2 amide bonds. The summed E-state index contributed by atoms with van der Waals surface area (Å²) >= 11 is 0. The van der Waals surface area contributed by atoms with Crippen LogP contribution in [-0.4, -0.2) is 80.3 Å². The minimum Gasteiger partial charge on any atom is -0.356 e. The summed E-state index contributed by atoms with van der Waals surface area (Å²) in [5.74, 6) is -0.0714. The number of nitrogens with one attached hydrogen (secondary N) is 2. The zero-order valence-corrected chi connectivity index (χ0v) is 14.6. The fourth-order valence-electron chi connectivity index (χ4n) is 2.60. The quantitative estimate of drug-likeness (QED) is 0.420. The molecule has 23 heavy (non-hydrogen) atoms. The van der Waals surface area contributed by atoms with Gasteiger partial charge in [-0.3, -0.25) is 19.3 Å². The molecule has 0 saturated carbocycles. The Morgan fingerprint density at radius 1 is 1.13 bits per heavy atom. The van der Waals surface area contributed by atoms with E-state index >= 15 is 0 Å². The van der Waals surface area contributed by atoms with Crippen LogP contribution in [-0.2, 0) is 14.4 Å². The predicted molar refractivity (Wildman–Crippen MR) is 89.1 cm³/mol. The summed E-state index contributed by atoms with van der Waals surface area (Å²) < 4.78 is 0. The van der Waals surface area contributed by atoms with Crippen LogP contribution in [0.3, 0.4) is 0 Å². The van der Waals surface area contributed by atoms with Crippen LogP contribution in [0, 0.1) is 0 Å². The van der Waals surface area contributed by atoms with Crippen molar-refractivity contribution in [1.82, 2.24) is 20.4 Å². The maximum atomic E-state index is 12.2. The molecule has 1 heterocycles. The van der Waals surface area contributed by atoms with Gasteiger partial charge < -0.3 is 15.5 Å². The average molecular weight is 335 g/mol. The number of rotatable bonds is 10. The van der Waals surface area contributed by atoms with Crippen molar-refractivity contribution in [3.63, 3.8) is 0 Å². The standard InChI is InChI=1S/C16H30N4O3/c1-13(21)6-8-17-15(22)7-9-18-16(23)14-5-4-10-20(14)12-11-19(2)3/h14H,4-12H2,1-3H3,(H,17,22)(H,18,23)/i6+1,7+1,8+1,9+1,13+1,15+1,16+1,17+1,20+1.